The summed E-state index contributed by atoms with van der Waals surface area (Å²) < 4.78 is 0. The number of nitrogens with zero attached hydrogens (tertiary/aromatic N) is 1. The molecular formula is C27H43N9O7. The van der Waals surface area contributed by atoms with Crippen LogP contribution in [0.3, 0.4) is 0 Å². The molecule has 3 atom stereocenters. The molecule has 1 aromatic carbocycles. The molecule has 0 unspecified atom stereocenters. The predicted octanol–water partition coefficient (Wildman–Crippen LogP) is -2.94. The molecule has 0 aliphatic heterocycles. The molecule has 1 rings (SSSR count). The molecular weight excluding hydrogens is 562 g/mol. The Balaban J connectivity index is 2.98. The Morgan fingerprint density at radius 3 is 1.98 bits per heavy atom. The number of guanidine groups is 1. The maximum absolute atomic E-state index is 13.4. The molecule has 5 amide bonds. The molecule has 0 heterocycles. The number of aliphatic carboxylic acids is 1. The van der Waals surface area contributed by atoms with E-state index in [9.17, 15) is 33.9 Å². The van der Waals surface area contributed by atoms with E-state index in [0.717, 1.165) is 0 Å². The zero-order chi connectivity index (χ0) is 32.4. The van der Waals surface area contributed by atoms with E-state index in [-0.39, 0.29) is 57.2 Å². The minimum absolute atomic E-state index is 0.0501. The molecule has 0 radical (unpaired) electrons. The highest BCUT2D eigenvalue weighted by Gasteiger charge is 2.30. The molecule has 238 valence electrons. The second-order valence-electron chi connectivity index (χ2n) is 10.1. The summed E-state index contributed by atoms with van der Waals surface area (Å²) in [5.74, 6) is -4.70. The number of benzene rings is 1. The van der Waals surface area contributed by atoms with Crippen LogP contribution in [0.1, 0.15) is 38.7 Å². The molecule has 0 saturated carbocycles. The fraction of sp³-hybridized carbons (Fsp3) is 0.519. The van der Waals surface area contributed by atoms with Gasteiger partial charge in [-0.05, 0) is 30.7 Å². The lowest BCUT2D eigenvalue weighted by molar-refractivity contribution is -0.142. The summed E-state index contributed by atoms with van der Waals surface area (Å²) >= 11 is 0. The van der Waals surface area contributed by atoms with Crippen LogP contribution in [0.2, 0.25) is 0 Å². The third-order valence-electron chi connectivity index (χ3n) is 5.91. The van der Waals surface area contributed by atoms with Crippen molar-refractivity contribution in [3.05, 3.63) is 35.9 Å². The molecule has 12 N–H and O–H groups in total. The molecule has 0 fully saturated rings. The van der Waals surface area contributed by atoms with Crippen molar-refractivity contribution in [2.45, 2.75) is 57.7 Å². The van der Waals surface area contributed by atoms with Gasteiger partial charge < -0.3 is 48.9 Å². The van der Waals surface area contributed by atoms with E-state index in [2.05, 4.69) is 31.6 Å². The van der Waals surface area contributed by atoms with Gasteiger partial charge in [-0.2, -0.15) is 0 Å². The van der Waals surface area contributed by atoms with Crippen molar-refractivity contribution in [3.8, 4) is 0 Å². The van der Waals surface area contributed by atoms with E-state index in [4.69, 9.17) is 17.2 Å². The predicted molar refractivity (Wildman–Crippen MR) is 158 cm³/mol. The number of carbonyl (C=O) groups excluding carboxylic acids is 5. The Labute approximate surface area is 250 Å². The van der Waals surface area contributed by atoms with Crippen LogP contribution in [-0.4, -0.2) is 90.9 Å². The summed E-state index contributed by atoms with van der Waals surface area (Å²) in [5.41, 5.74) is 16.4. The largest absolute Gasteiger partial charge is 0.480 e. The summed E-state index contributed by atoms with van der Waals surface area (Å²) in [6, 6.07) is 5.33. The molecule has 16 heteroatoms. The topological polar surface area (TPSA) is 273 Å². The summed E-state index contributed by atoms with van der Waals surface area (Å²) in [6.07, 6.45) is 0.595. The summed E-state index contributed by atoms with van der Waals surface area (Å²) in [4.78, 5) is 77.9. The Morgan fingerprint density at radius 1 is 0.814 bits per heavy atom. The van der Waals surface area contributed by atoms with Crippen LogP contribution in [0, 0.1) is 5.92 Å². The number of rotatable bonds is 19. The lowest BCUT2D eigenvalue weighted by Crippen LogP contribution is -2.57. The molecule has 43 heavy (non-hydrogen) atoms. The number of nitrogens with one attached hydrogen (secondary N) is 5. The standard InChI is InChI=1S/C27H43N9O7/c1-16(2)11-19(24(40)35-18(26(42)43)9-6-10-31-27(29)30)36-25(41)20(12-17-7-4-3-5-8-17)34-23(39)15-33-22(38)14-32-21(37)13-28/h3-5,7-8,16,18-20H,6,9-15,28H2,1-2H3,(H,32,37)(H,33,38)(H,34,39)(H,35,40)(H,36,41)(H,42,43)(H4,29,30,31)/t18-,19-,20-/m0/s1. The Kier molecular flexibility index (Phi) is 16.4. The van der Waals surface area contributed by atoms with Crippen LogP contribution in [-0.2, 0) is 35.2 Å². The number of hydrogen-bond acceptors (Lipinski definition) is 8. The first-order valence-electron chi connectivity index (χ1n) is 13.8. The Morgan fingerprint density at radius 2 is 1.40 bits per heavy atom. The molecule has 0 aromatic heterocycles. The average molecular weight is 606 g/mol. The average Bonchev–Trinajstić information content (AvgIpc) is 2.95. The molecule has 0 aliphatic rings. The summed E-state index contributed by atoms with van der Waals surface area (Å²) in [6.45, 7) is 2.69. The third-order valence-corrected chi connectivity index (χ3v) is 5.91. The van der Waals surface area contributed by atoms with Gasteiger partial charge in [-0.1, -0.05) is 44.2 Å². The minimum Gasteiger partial charge on any atom is -0.480 e. The number of amides is 5. The number of carboxylic acids is 1. The second kappa shape index (κ2) is 19.4. The monoisotopic (exact) mass is 605 g/mol. The maximum Gasteiger partial charge on any atom is 0.326 e. The van der Waals surface area contributed by atoms with Crippen LogP contribution in [0.4, 0.5) is 0 Å². The highest BCUT2D eigenvalue weighted by Crippen LogP contribution is 2.09. The van der Waals surface area contributed by atoms with E-state index in [1.165, 1.54) is 0 Å². The van der Waals surface area contributed by atoms with Gasteiger partial charge in [-0.15, -0.1) is 0 Å². The molecule has 16 nitrogen and oxygen atoms in total. The van der Waals surface area contributed by atoms with Crippen LogP contribution in [0.25, 0.3) is 0 Å². The van der Waals surface area contributed by atoms with Crippen molar-refractivity contribution in [1.29, 1.82) is 0 Å². The number of carbonyl (C=O) groups is 6. The highest BCUT2D eigenvalue weighted by atomic mass is 16.4. The van der Waals surface area contributed by atoms with E-state index in [1.54, 1.807) is 30.3 Å². The van der Waals surface area contributed by atoms with Crippen LogP contribution >= 0.6 is 0 Å². The van der Waals surface area contributed by atoms with Gasteiger partial charge in [0.1, 0.15) is 18.1 Å². The van der Waals surface area contributed by atoms with Gasteiger partial charge in [-0.25, -0.2) is 4.79 Å². The SMILES string of the molecule is CC(C)C[C@H](NC(=O)[C@H](Cc1ccccc1)NC(=O)CNC(=O)CNC(=O)CN)C(=O)N[C@@H](CCCN=C(N)N)C(=O)O. The van der Waals surface area contributed by atoms with Crippen molar-refractivity contribution < 1.29 is 33.9 Å². The number of carboxylic acid groups (broad SMARTS) is 1. The molecule has 0 saturated heterocycles. The Hall–Kier alpha value is -4.73. The van der Waals surface area contributed by atoms with Crippen LogP contribution in [0.15, 0.2) is 35.3 Å². The van der Waals surface area contributed by atoms with Gasteiger partial charge in [0.25, 0.3) is 0 Å². The molecule has 1 aromatic rings. The fourth-order valence-corrected chi connectivity index (χ4v) is 3.81. The number of hydrogen-bond donors (Lipinski definition) is 9. The maximum atomic E-state index is 13.4. The quantitative estimate of drug-likeness (QED) is 0.0439. The third kappa shape index (κ3) is 15.7. The first-order chi connectivity index (χ1) is 20.3. The smallest absolute Gasteiger partial charge is 0.326 e. The zero-order valence-electron chi connectivity index (χ0n) is 24.4. The lowest BCUT2D eigenvalue weighted by atomic mass is 10.0. The first kappa shape index (κ1) is 36.3. The van der Waals surface area contributed by atoms with Gasteiger partial charge >= 0.3 is 5.97 Å². The van der Waals surface area contributed by atoms with Crippen molar-refractivity contribution in [1.82, 2.24) is 26.6 Å². The van der Waals surface area contributed by atoms with Gasteiger partial charge in [0.2, 0.25) is 29.5 Å². The number of aliphatic imine (C=N–C) groups is 1. The van der Waals surface area contributed by atoms with Crippen molar-refractivity contribution in [2.75, 3.05) is 26.2 Å². The molecule has 0 aliphatic carbocycles. The highest BCUT2D eigenvalue weighted by molar-refractivity contribution is 5.94. The molecule has 0 spiro atoms. The van der Waals surface area contributed by atoms with Gasteiger partial charge in [0.05, 0.1) is 19.6 Å². The van der Waals surface area contributed by atoms with E-state index in [0.29, 0.717) is 5.56 Å². The van der Waals surface area contributed by atoms with Crippen LogP contribution in [0.5, 0.6) is 0 Å². The van der Waals surface area contributed by atoms with E-state index < -0.39 is 60.2 Å². The minimum atomic E-state index is -1.26. The zero-order valence-corrected chi connectivity index (χ0v) is 24.4. The number of nitrogens with two attached hydrogens (primary N) is 3. The van der Waals surface area contributed by atoms with E-state index >= 15 is 0 Å². The van der Waals surface area contributed by atoms with Gasteiger partial charge in [-0.3, -0.25) is 29.0 Å². The summed E-state index contributed by atoms with van der Waals surface area (Å²) in [7, 11) is 0. The van der Waals surface area contributed by atoms with Gasteiger partial charge in [0.15, 0.2) is 5.96 Å². The van der Waals surface area contributed by atoms with Crippen LogP contribution < -0.4 is 43.8 Å². The van der Waals surface area contributed by atoms with E-state index in [1.807, 2.05) is 13.8 Å². The fourth-order valence-electron chi connectivity index (χ4n) is 3.81. The normalized spacial score (nSPS) is 12.7. The molecule has 0 bridgehead atoms. The summed E-state index contributed by atoms with van der Waals surface area (Å²) in [5, 5.41) is 21.9. The lowest BCUT2D eigenvalue weighted by Gasteiger charge is -2.25. The first-order valence-corrected chi connectivity index (χ1v) is 13.8. The Bertz CT molecular complexity index is 1130. The van der Waals surface area contributed by atoms with Crippen molar-refractivity contribution >= 4 is 41.5 Å². The van der Waals surface area contributed by atoms with Gasteiger partial charge in [0, 0.05) is 13.0 Å². The van der Waals surface area contributed by atoms with Crippen molar-refractivity contribution in [2.24, 2.45) is 28.1 Å². The second-order valence-corrected chi connectivity index (χ2v) is 10.1. The van der Waals surface area contributed by atoms with Crippen molar-refractivity contribution in [3.63, 3.8) is 0 Å².